The molecule has 0 heterocycles. The van der Waals surface area contributed by atoms with Crippen molar-refractivity contribution in [2.45, 2.75) is 39.0 Å². The van der Waals surface area contributed by atoms with E-state index in [1.165, 1.54) is 5.56 Å². The smallest absolute Gasteiger partial charge is 0.0900 e. The van der Waals surface area contributed by atoms with Crippen LogP contribution >= 0.6 is 15.9 Å². The van der Waals surface area contributed by atoms with Crippen LogP contribution in [-0.2, 0) is 11.3 Å². The lowest BCUT2D eigenvalue weighted by Crippen LogP contribution is -2.34. The second-order valence-corrected chi connectivity index (χ2v) is 6.82. The molecule has 0 bridgehead atoms. The largest absolute Gasteiger partial charge is 0.389 e. The highest BCUT2D eigenvalue weighted by molar-refractivity contribution is 9.10. The van der Waals surface area contributed by atoms with E-state index in [9.17, 15) is 5.11 Å². The SMILES string of the molecule is CN(Cc1ccc(Br)cc1)CC(O)COC(C)(C)C. The van der Waals surface area contributed by atoms with E-state index in [1.54, 1.807) is 0 Å². The number of halogens is 1. The van der Waals surface area contributed by atoms with Gasteiger partial charge in [0, 0.05) is 17.6 Å². The lowest BCUT2D eigenvalue weighted by molar-refractivity contribution is -0.0550. The molecular weight excluding hydrogens is 306 g/mol. The number of ether oxygens (including phenoxy) is 1. The summed E-state index contributed by atoms with van der Waals surface area (Å²) in [5.41, 5.74) is 1.03. The van der Waals surface area contributed by atoms with E-state index in [0.29, 0.717) is 13.2 Å². The second-order valence-electron chi connectivity index (χ2n) is 5.90. The first-order valence-corrected chi connectivity index (χ1v) is 7.30. The molecule has 1 aromatic carbocycles. The molecule has 1 aromatic rings. The first kappa shape index (κ1) is 16.6. The average Bonchev–Trinajstić information content (AvgIpc) is 2.29. The Hall–Kier alpha value is -0.420. The standard InChI is InChI=1S/C15H24BrNO2/c1-15(2,3)19-11-14(18)10-17(4)9-12-5-7-13(16)8-6-12/h5-8,14,18H,9-11H2,1-4H3. The van der Waals surface area contributed by atoms with Crippen LogP contribution in [0, 0.1) is 0 Å². The van der Waals surface area contributed by atoms with Crippen molar-refractivity contribution in [3.8, 4) is 0 Å². The van der Waals surface area contributed by atoms with Crippen molar-refractivity contribution >= 4 is 15.9 Å². The van der Waals surface area contributed by atoms with Crippen LogP contribution in [0.15, 0.2) is 28.7 Å². The number of hydrogen-bond acceptors (Lipinski definition) is 3. The fourth-order valence-corrected chi connectivity index (χ4v) is 1.99. The minimum absolute atomic E-state index is 0.203. The molecule has 3 nitrogen and oxygen atoms in total. The summed E-state index contributed by atoms with van der Waals surface area (Å²) in [6.45, 7) is 7.77. The fourth-order valence-electron chi connectivity index (χ4n) is 1.72. The number of hydrogen-bond donors (Lipinski definition) is 1. The van der Waals surface area contributed by atoms with Gasteiger partial charge in [0.15, 0.2) is 0 Å². The van der Waals surface area contributed by atoms with E-state index >= 15 is 0 Å². The third-order valence-electron chi connectivity index (χ3n) is 2.60. The molecule has 1 unspecified atom stereocenters. The van der Waals surface area contributed by atoms with Crippen LogP contribution in [0.25, 0.3) is 0 Å². The summed E-state index contributed by atoms with van der Waals surface area (Å²) >= 11 is 3.42. The molecule has 0 saturated heterocycles. The van der Waals surface area contributed by atoms with E-state index < -0.39 is 6.10 Å². The summed E-state index contributed by atoms with van der Waals surface area (Å²) < 4.78 is 6.66. The minimum Gasteiger partial charge on any atom is -0.389 e. The second kappa shape index (κ2) is 7.39. The van der Waals surface area contributed by atoms with Crippen molar-refractivity contribution in [3.05, 3.63) is 34.3 Å². The van der Waals surface area contributed by atoms with Gasteiger partial charge in [-0.25, -0.2) is 0 Å². The Morgan fingerprint density at radius 3 is 2.37 bits per heavy atom. The molecule has 0 radical (unpaired) electrons. The number of nitrogens with zero attached hydrogens (tertiary/aromatic N) is 1. The van der Waals surface area contributed by atoms with Crippen molar-refractivity contribution in [1.82, 2.24) is 4.90 Å². The average molecular weight is 330 g/mol. The van der Waals surface area contributed by atoms with Crippen LogP contribution in [0.5, 0.6) is 0 Å². The molecule has 4 heteroatoms. The summed E-state index contributed by atoms with van der Waals surface area (Å²) in [5, 5.41) is 9.93. The van der Waals surface area contributed by atoms with Gasteiger partial charge >= 0.3 is 0 Å². The maximum Gasteiger partial charge on any atom is 0.0900 e. The Morgan fingerprint density at radius 1 is 1.26 bits per heavy atom. The van der Waals surface area contributed by atoms with Crippen molar-refractivity contribution in [2.75, 3.05) is 20.2 Å². The first-order valence-electron chi connectivity index (χ1n) is 6.51. The predicted molar refractivity (Wildman–Crippen MR) is 82.2 cm³/mol. The molecule has 0 aliphatic heterocycles. The highest BCUT2D eigenvalue weighted by atomic mass is 79.9. The van der Waals surface area contributed by atoms with Crippen LogP contribution in [-0.4, -0.2) is 41.9 Å². The van der Waals surface area contributed by atoms with Crippen LogP contribution in [0.4, 0.5) is 0 Å². The van der Waals surface area contributed by atoms with Gasteiger partial charge in [-0.1, -0.05) is 28.1 Å². The fraction of sp³-hybridized carbons (Fsp3) is 0.600. The van der Waals surface area contributed by atoms with E-state index in [1.807, 2.05) is 40.0 Å². The number of aliphatic hydroxyl groups excluding tert-OH is 1. The molecule has 0 aliphatic rings. The molecule has 0 aromatic heterocycles. The molecular formula is C15H24BrNO2. The third kappa shape index (κ3) is 7.67. The van der Waals surface area contributed by atoms with E-state index in [0.717, 1.165) is 11.0 Å². The van der Waals surface area contributed by atoms with Crippen LogP contribution in [0.1, 0.15) is 26.3 Å². The molecule has 0 saturated carbocycles. The van der Waals surface area contributed by atoms with Gasteiger partial charge in [0.05, 0.1) is 18.3 Å². The van der Waals surface area contributed by atoms with Crippen molar-refractivity contribution in [1.29, 1.82) is 0 Å². The number of aliphatic hydroxyl groups is 1. The van der Waals surface area contributed by atoms with Gasteiger partial charge in [0.1, 0.15) is 0 Å². The zero-order valence-electron chi connectivity index (χ0n) is 12.2. The summed E-state index contributed by atoms with van der Waals surface area (Å²) in [4.78, 5) is 2.10. The van der Waals surface area contributed by atoms with E-state index in [4.69, 9.17) is 4.74 Å². The molecule has 108 valence electrons. The van der Waals surface area contributed by atoms with Gasteiger partial charge in [0.25, 0.3) is 0 Å². The first-order chi connectivity index (χ1) is 8.76. The third-order valence-corrected chi connectivity index (χ3v) is 3.13. The summed E-state index contributed by atoms with van der Waals surface area (Å²) in [5.74, 6) is 0. The van der Waals surface area contributed by atoms with Gasteiger partial charge in [-0.2, -0.15) is 0 Å². The number of benzene rings is 1. The Balaban J connectivity index is 2.34. The van der Waals surface area contributed by atoms with Gasteiger partial charge in [0.2, 0.25) is 0 Å². The maximum atomic E-state index is 9.93. The maximum absolute atomic E-state index is 9.93. The highest BCUT2D eigenvalue weighted by Gasteiger charge is 2.15. The topological polar surface area (TPSA) is 32.7 Å². The molecule has 0 amide bonds. The Labute approximate surface area is 124 Å². The van der Waals surface area contributed by atoms with Gasteiger partial charge in [-0.05, 0) is 45.5 Å². The molecule has 19 heavy (non-hydrogen) atoms. The minimum atomic E-state index is -0.459. The Kier molecular flexibility index (Phi) is 6.47. The Morgan fingerprint density at radius 2 is 1.84 bits per heavy atom. The Bertz CT molecular complexity index is 373. The van der Waals surface area contributed by atoms with Gasteiger partial charge in [-0.3, -0.25) is 4.90 Å². The molecule has 0 fully saturated rings. The predicted octanol–water partition coefficient (Wildman–Crippen LogP) is 3.06. The van der Waals surface area contributed by atoms with Crippen molar-refractivity contribution in [3.63, 3.8) is 0 Å². The number of likely N-dealkylation sites (N-methyl/N-ethyl adjacent to an activating group) is 1. The number of rotatable bonds is 6. The lowest BCUT2D eigenvalue weighted by atomic mass is 10.2. The summed E-state index contributed by atoms with van der Waals surface area (Å²) in [6, 6.07) is 8.22. The van der Waals surface area contributed by atoms with Gasteiger partial charge < -0.3 is 9.84 Å². The highest BCUT2D eigenvalue weighted by Crippen LogP contribution is 2.12. The van der Waals surface area contributed by atoms with Crippen LogP contribution < -0.4 is 0 Å². The monoisotopic (exact) mass is 329 g/mol. The molecule has 1 N–H and O–H groups in total. The molecule has 1 atom stereocenters. The van der Waals surface area contributed by atoms with Crippen molar-refractivity contribution in [2.24, 2.45) is 0 Å². The lowest BCUT2D eigenvalue weighted by Gasteiger charge is -2.25. The van der Waals surface area contributed by atoms with E-state index in [2.05, 4.69) is 33.0 Å². The van der Waals surface area contributed by atoms with E-state index in [-0.39, 0.29) is 5.60 Å². The van der Waals surface area contributed by atoms with Crippen molar-refractivity contribution < 1.29 is 9.84 Å². The zero-order chi connectivity index (χ0) is 14.5. The molecule has 1 rings (SSSR count). The quantitative estimate of drug-likeness (QED) is 0.870. The van der Waals surface area contributed by atoms with Crippen LogP contribution in [0.2, 0.25) is 0 Å². The molecule has 0 aliphatic carbocycles. The van der Waals surface area contributed by atoms with Gasteiger partial charge in [-0.15, -0.1) is 0 Å². The zero-order valence-corrected chi connectivity index (χ0v) is 13.8. The normalized spacial score (nSPS) is 13.8. The summed E-state index contributed by atoms with van der Waals surface area (Å²) in [7, 11) is 2.00. The molecule has 0 spiro atoms. The summed E-state index contributed by atoms with van der Waals surface area (Å²) in [6.07, 6.45) is -0.459. The van der Waals surface area contributed by atoms with Crippen LogP contribution in [0.3, 0.4) is 0 Å².